The third kappa shape index (κ3) is 4.33. The van der Waals surface area contributed by atoms with E-state index < -0.39 is 5.82 Å². The number of hydrogen-bond acceptors (Lipinski definition) is 6. The van der Waals surface area contributed by atoms with E-state index in [1.165, 1.54) is 6.07 Å². The SMILES string of the molecule is Cl.O=C(Nc1ccc(-c2nc3c(c(N4CCOCC4)n2)CNC3)c(F)c1)NC1CC1. The van der Waals surface area contributed by atoms with Crippen molar-refractivity contribution in [3.05, 3.63) is 35.3 Å². The van der Waals surface area contributed by atoms with Crippen LogP contribution in [0.4, 0.5) is 20.7 Å². The second kappa shape index (κ2) is 8.71. The van der Waals surface area contributed by atoms with Crippen LogP contribution in [0.1, 0.15) is 24.1 Å². The zero-order chi connectivity index (χ0) is 19.8. The zero-order valence-electron chi connectivity index (χ0n) is 16.4. The first kappa shape index (κ1) is 20.8. The molecule has 5 rings (SSSR count). The first-order valence-electron chi connectivity index (χ1n) is 9.98. The van der Waals surface area contributed by atoms with Crippen LogP contribution in [-0.4, -0.2) is 48.3 Å². The van der Waals surface area contributed by atoms with Crippen molar-refractivity contribution in [2.75, 3.05) is 36.5 Å². The van der Waals surface area contributed by atoms with E-state index >= 15 is 0 Å². The molecule has 160 valence electrons. The number of carbonyl (C=O) groups is 1. The quantitative estimate of drug-likeness (QED) is 0.684. The molecule has 8 nitrogen and oxygen atoms in total. The maximum atomic E-state index is 14.9. The molecule has 3 aliphatic rings. The highest BCUT2D eigenvalue weighted by atomic mass is 35.5. The lowest BCUT2D eigenvalue weighted by Crippen LogP contribution is -2.37. The summed E-state index contributed by atoms with van der Waals surface area (Å²) in [7, 11) is 0. The van der Waals surface area contributed by atoms with Gasteiger partial charge in [0, 0.05) is 43.5 Å². The fraction of sp³-hybridized carbons (Fsp3) is 0.450. The lowest BCUT2D eigenvalue weighted by atomic mass is 10.1. The lowest BCUT2D eigenvalue weighted by molar-refractivity contribution is 0.122. The van der Waals surface area contributed by atoms with E-state index in [2.05, 4.69) is 25.8 Å². The van der Waals surface area contributed by atoms with Crippen LogP contribution in [0.2, 0.25) is 0 Å². The molecule has 1 aliphatic carbocycles. The minimum Gasteiger partial charge on any atom is -0.378 e. The topological polar surface area (TPSA) is 91.4 Å². The Morgan fingerprint density at radius 1 is 1.20 bits per heavy atom. The number of fused-ring (bicyclic) bond motifs is 1. The Kier molecular flexibility index (Phi) is 6.03. The monoisotopic (exact) mass is 434 g/mol. The number of halogens is 2. The number of nitrogens with zero attached hydrogens (tertiary/aromatic N) is 3. The number of benzene rings is 1. The Balaban J connectivity index is 0.00000218. The van der Waals surface area contributed by atoms with Crippen molar-refractivity contribution < 1.29 is 13.9 Å². The fourth-order valence-electron chi connectivity index (χ4n) is 3.66. The summed E-state index contributed by atoms with van der Waals surface area (Å²) >= 11 is 0. The predicted octanol–water partition coefficient (Wildman–Crippen LogP) is 2.43. The fourth-order valence-corrected chi connectivity index (χ4v) is 3.66. The second-order valence-electron chi connectivity index (χ2n) is 7.57. The Morgan fingerprint density at radius 3 is 2.73 bits per heavy atom. The molecule has 2 aliphatic heterocycles. The minimum absolute atomic E-state index is 0. The average Bonchev–Trinajstić information content (AvgIpc) is 3.40. The van der Waals surface area contributed by atoms with Crippen LogP contribution in [-0.2, 0) is 17.8 Å². The Labute approximate surface area is 180 Å². The third-order valence-electron chi connectivity index (χ3n) is 5.36. The number of anilines is 2. The number of hydrogen-bond donors (Lipinski definition) is 3. The summed E-state index contributed by atoms with van der Waals surface area (Å²) in [6, 6.07) is 4.54. The van der Waals surface area contributed by atoms with Crippen molar-refractivity contribution in [2.24, 2.45) is 0 Å². The van der Waals surface area contributed by atoms with E-state index in [0.717, 1.165) is 43.0 Å². The number of ether oxygens (including phenoxy) is 1. The largest absolute Gasteiger partial charge is 0.378 e. The number of urea groups is 1. The Bertz CT molecular complexity index is 949. The van der Waals surface area contributed by atoms with Gasteiger partial charge in [-0.15, -0.1) is 12.4 Å². The summed E-state index contributed by atoms with van der Waals surface area (Å²) in [4.78, 5) is 23.4. The molecule has 2 aromatic rings. The molecule has 0 radical (unpaired) electrons. The molecule has 0 atom stereocenters. The van der Waals surface area contributed by atoms with Crippen LogP contribution >= 0.6 is 12.4 Å². The van der Waals surface area contributed by atoms with Crippen molar-refractivity contribution in [1.29, 1.82) is 0 Å². The van der Waals surface area contributed by atoms with Gasteiger partial charge in [0.15, 0.2) is 5.82 Å². The highest BCUT2D eigenvalue weighted by molar-refractivity contribution is 5.90. The van der Waals surface area contributed by atoms with E-state index in [1.807, 2.05) is 0 Å². The number of nitrogens with one attached hydrogen (secondary N) is 3. The summed E-state index contributed by atoms with van der Waals surface area (Å²) in [6.45, 7) is 4.17. The van der Waals surface area contributed by atoms with Crippen LogP contribution < -0.4 is 20.9 Å². The molecule has 10 heteroatoms. The molecule has 30 heavy (non-hydrogen) atoms. The standard InChI is InChI=1S/C20H23FN6O2.ClH/c21-16-9-13(24-20(28)23-12-1-2-12)3-4-14(16)18-25-17-11-22-10-15(17)19(26-18)27-5-7-29-8-6-27;/h3-4,9,12,22H,1-2,5-8,10-11H2,(H2,23,24,28);1H. The number of morpholine rings is 1. The molecule has 1 saturated heterocycles. The highest BCUT2D eigenvalue weighted by Crippen LogP contribution is 2.30. The van der Waals surface area contributed by atoms with E-state index in [4.69, 9.17) is 9.72 Å². The van der Waals surface area contributed by atoms with Gasteiger partial charge in [-0.25, -0.2) is 19.2 Å². The average molecular weight is 435 g/mol. The molecule has 0 unspecified atom stereocenters. The summed E-state index contributed by atoms with van der Waals surface area (Å²) in [5.74, 6) is 0.747. The van der Waals surface area contributed by atoms with Gasteiger partial charge in [0.25, 0.3) is 0 Å². The van der Waals surface area contributed by atoms with Crippen molar-refractivity contribution in [2.45, 2.75) is 32.0 Å². The lowest BCUT2D eigenvalue weighted by Gasteiger charge is -2.29. The van der Waals surface area contributed by atoms with Crippen LogP contribution in [0.5, 0.6) is 0 Å². The predicted molar refractivity (Wildman–Crippen MR) is 113 cm³/mol. The van der Waals surface area contributed by atoms with Gasteiger partial charge in [0.1, 0.15) is 11.6 Å². The van der Waals surface area contributed by atoms with Gasteiger partial charge < -0.3 is 25.6 Å². The van der Waals surface area contributed by atoms with E-state index in [9.17, 15) is 9.18 Å². The van der Waals surface area contributed by atoms with Gasteiger partial charge in [-0.05, 0) is 31.0 Å². The van der Waals surface area contributed by atoms with E-state index in [1.54, 1.807) is 12.1 Å². The first-order chi connectivity index (χ1) is 14.2. The number of carbonyl (C=O) groups excluding carboxylic acids is 1. The maximum absolute atomic E-state index is 14.9. The summed E-state index contributed by atoms with van der Waals surface area (Å²) in [5, 5.41) is 8.80. The molecular weight excluding hydrogens is 411 g/mol. The van der Waals surface area contributed by atoms with Crippen LogP contribution in [0, 0.1) is 5.82 Å². The molecule has 3 heterocycles. The van der Waals surface area contributed by atoms with Crippen molar-refractivity contribution in [3.8, 4) is 11.4 Å². The maximum Gasteiger partial charge on any atom is 0.319 e. The molecule has 2 amide bonds. The van der Waals surface area contributed by atoms with Gasteiger partial charge >= 0.3 is 6.03 Å². The van der Waals surface area contributed by atoms with Crippen molar-refractivity contribution in [1.82, 2.24) is 20.6 Å². The third-order valence-corrected chi connectivity index (χ3v) is 5.36. The molecule has 1 aromatic heterocycles. The number of amides is 2. The van der Waals surface area contributed by atoms with Crippen molar-refractivity contribution >= 4 is 29.9 Å². The smallest absolute Gasteiger partial charge is 0.319 e. The van der Waals surface area contributed by atoms with Gasteiger partial charge in [-0.2, -0.15) is 0 Å². The van der Waals surface area contributed by atoms with Crippen molar-refractivity contribution in [3.63, 3.8) is 0 Å². The van der Waals surface area contributed by atoms with Gasteiger partial charge in [0.2, 0.25) is 0 Å². The normalized spacial score (nSPS) is 17.8. The zero-order valence-corrected chi connectivity index (χ0v) is 17.2. The van der Waals surface area contributed by atoms with Gasteiger partial charge in [-0.3, -0.25) is 0 Å². The van der Waals surface area contributed by atoms with Crippen LogP contribution in [0.3, 0.4) is 0 Å². The van der Waals surface area contributed by atoms with E-state index in [0.29, 0.717) is 43.4 Å². The number of aromatic nitrogens is 2. The molecule has 3 N–H and O–H groups in total. The summed E-state index contributed by atoms with van der Waals surface area (Å²) in [5.41, 5.74) is 2.70. The molecule has 2 fully saturated rings. The number of rotatable bonds is 4. The van der Waals surface area contributed by atoms with Gasteiger partial charge in [-0.1, -0.05) is 0 Å². The molecule has 0 spiro atoms. The molecule has 1 saturated carbocycles. The van der Waals surface area contributed by atoms with E-state index in [-0.39, 0.29) is 24.5 Å². The Hall–Kier alpha value is -2.49. The summed E-state index contributed by atoms with van der Waals surface area (Å²) in [6.07, 6.45) is 1.99. The first-order valence-corrected chi connectivity index (χ1v) is 9.98. The molecule has 0 bridgehead atoms. The minimum atomic E-state index is -0.465. The second-order valence-corrected chi connectivity index (χ2v) is 7.57. The molecule has 1 aromatic carbocycles. The van der Waals surface area contributed by atoms with Crippen LogP contribution in [0.25, 0.3) is 11.4 Å². The summed E-state index contributed by atoms with van der Waals surface area (Å²) < 4.78 is 20.3. The molecular formula is C20H24ClFN6O2. The van der Waals surface area contributed by atoms with Crippen LogP contribution in [0.15, 0.2) is 18.2 Å². The Morgan fingerprint density at radius 2 is 2.00 bits per heavy atom. The van der Waals surface area contributed by atoms with Gasteiger partial charge in [0.05, 0.1) is 24.5 Å². The highest BCUT2D eigenvalue weighted by Gasteiger charge is 2.26.